The van der Waals surface area contributed by atoms with Crippen molar-refractivity contribution in [2.24, 2.45) is 0 Å². The van der Waals surface area contributed by atoms with Crippen molar-refractivity contribution in [3.05, 3.63) is 39.3 Å². The van der Waals surface area contributed by atoms with Gasteiger partial charge in [0, 0.05) is 22.3 Å². The highest BCUT2D eigenvalue weighted by Crippen LogP contribution is 2.19. The van der Waals surface area contributed by atoms with Gasteiger partial charge < -0.3 is 9.84 Å². The van der Waals surface area contributed by atoms with E-state index >= 15 is 0 Å². The van der Waals surface area contributed by atoms with E-state index in [4.69, 9.17) is 4.52 Å². The summed E-state index contributed by atoms with van der Waals surface area (Å²) in [5, 5.41) is 7.38. The number of hydrogen-bond acceptors (Lipinski definition) is 4. The summed E-state index contributed by atoms with van der Waals surface area (Å²) in [7, 11) is 0. The van der Waals surface area contributed by atoms with Gasteiger partial charge in [-0.1, -0.05) is 5.16 Å². The van der Waals surface area contributed by atoms with E-state index in [1.54, 1.807) is 0 Å². The van der Waals surface area contributed by atoms with Crippen molar-refractivity contribution in [2.75, 3.05) is 5.32 Å². The summed E-state index contributed by atoms with van der Waals surface area (Å²) >= 11 is 3.45. The summed E-state index contributed by atoms with van der Waals surface area (Å²) in [4.78, 5) is 4.36. The third-order valence-corrected chi connectivity index (χ3v) is 3.96. The molecule has 2 aromatic rings. The fraction of sp³-hybridized carbons (Fsp3) is 0.429. The molecular weight excluding hydrogens is 306 g/mol. The predicted octanol–water partition coefficient (Wildman–Crippen LogP) is 3.80. The summed E-state index contributed by atoms with van der Waals surface area (Å²) < 4.78 is 6.21. The number of pyridine rings is 1. The molecule has 0 amide bonds. The topological polar surface area (TPSA) is 51.0 Å². The van der Waals surface area contributed by atoms with Crippen molar-refractivity contribution in [2.45, 2.75) is 40.2 Å². The Hall–Kier alpha value is -1.36. The molecule has 0 aliphatic rings. The molecule has 0 aliphatic heterocycles. The van der Waals surface area contributed by atoms with Crippen LogP contribution in [0, 0.1) is 20.8 Å². The number of aryl methyl sites for hydroxylation is 3. The zero-order valence-electron chi connectivity index (χ0n) is 11.6. The lowest BCUT2D eigenvalue weighted by Crippen LogP contribution is -2.19. The lowest BCUT2D eigenvalue weighted by atomic mass is 10.1. The molecule has 0 aliphatic carbocycles. The number of nitrogens with zero attached hydrogens (tertiary/aromatic N) is 2. The maximum absolute atomic E-state index is 5.18. The van der Waals surface area contributed by atoms with Crippen LogP contribution in [0.4, 0.5) is 5.82 Å². The lowest BCUT2D eigenvalue weighted by molar-refractivity contribution is 0.392. The van der Waals surface area contributed by atoms with Gasteiger partial charge in [0.1, 0.15) is 11.6 Å². The molecule has 0 saturated heterocycles. The highest BCUT2D eigenvalue weighted by molar-refractivity contribution is 9.10. The van der Waals surface area contributed by atoms with Crippen LogP contribution in [0.5, 0.6) is 0 Å². The van der Waals surface area contributed by atoms with E-state index in [1.165, 1.54) is 11.1 Å². The number of anilines is 1. The van der Waals surface area contributed by atoms with Crippen LogP contribution in [0.25, 0.3) is 0 Å². The van der Waals surface area contributed by atoms with Gasteiger partial charge in [0.15, 0.2) is 0 Å². The Kier molecular flexibility index (Phi) is 4.24. The first-order chi connectivity index (χ1) is 8.97. The maximum Gasteiger partial charge on any atom is 0.137 e. The normalized spacial score (nSPS) is 12.5. The monoisotopic (exact) mass is 323 g/mol. The molecule has 1 atom stereocenters. The molecule has 2 rings (SSSR count). The van der Waals surface area contributed by atoms with Crippen molar-refractivity contribution < 1.29 is 4.52 Å². The molecule has 0 fully saturated rings. The van der Waals surface area contributed by atoms with Crippen LogP contribution in [-0.4, -0.2) is 16.2 Å². The fourth-order valence-electron chi connectivity index (χ4n) is 2.02. The van der Waals surface area contributed by atoms with E-state index in [0.717, 1.165) is 28.2 Å². The van der Waals surface area contributed by atoms with Gasteiger partial charge in [0.05, 0.1) is 5.69 Å². The first-order valence-electron chi connectivity index (χ1n) is 6.27. The van der Waals surface area contributed by atoms with Crippen LogP contribution < -0.4 is 5.32 Å². The third kappa shape index (κ3) is 3.35. The Morgan fingerprint density at radius 1 is 1.37 bits per heavy atom. The van der Waals surface area contributed by atoms with Gasteiger partial charge in [-0.3, -0.25) is 0 Å². The summed E-state index contributed by atoms with van der Waals surface area (Å²) in [6.07, 6.45) is 2.69. The quantitative estimate of drug-likeness (QED) is 0.929. The van der Waals surface area contributed by atoms with Gasteiger partial charge in [-0.15, -0.1) is 0 Å². The summed E-state index contributed by atoms with van der Waals surface area (Å²) in [6, 6.07) is 2.30. The number of aromatic nitrogens is 2. The second-order valence-electron chi connectivity index (χ2n) is 4.87. The standard InChI is InChI=1S/C14H18BrN3O/c1-8-5-14(16-7-13(8)15)17-9(2)6-12-10(3)18-19-11(12)4/h5,7,9H,6H2,1-4H3,(H,16,17). The fourth-order valence-corrected chi connectivity index (χ4v) is 2.24. The molecule has 2 heterocycles. The van der Waals surface area contributed by atoms with E-state index in [9.17, 15) is 0 Å². The summed E-state index contributed by atoms with van der Waals surface area (Å²) in [5.74, 6) is 1.78. The average Bonchev–Trinajstić information content (AvgIpc) is 2.66. The van der Waals surface area contributed by atoms with Crippen LogP contribution in [0.1, 0.15) is 29.5 Å². The van der Waals surface area contributed by atoms with Gasteiger partial charge in [-0.25, -0.2) is 4.98 Å². The van der Waals surface area contributed by atoms with Crippen molar-refractivity contribution >= 4 is 21.7 Å². The molecule has 1 N–H and O–H groups in total. The Bertz CT molecular complexity index is 561. The van der Waals surface area contributed by atoms with Gasteiger partial charge >= 0.3 is 0 Å². The molecule has 0 saturated carbocycles. The van der Waals surface area contributed by atoms with Crippen LogP contribution in [0.15, 0.2) is 21.3 Å². The molecular formula is C14H18BrN3O. The molecule has 5 heteroatoms. The van der Waals surface area contributed by atoms with Crippen LogP contribution in [-0.2, 0) is 6.42 Å². The molecule has 0 radical (unpaired) electrons. The summed E-state index contributed by atoms with van der Waals surface area (Å²) in [5.41, 5.74) is 3.31. The minimum absolute atomic E-state index is 0.268. The minimum atomic E-state index is 0.268. The molecule has 2 aromatic heterocycles. The zero-order valence-corrected chi connectivity index (χ0v) is 13.2. The van der Waals surface area contributed by atoms with Crippen molar-refractivity contribution in [1.29, 1.82) is 0 Å². The van der Waals surface area contributed by atoms with E-state index in [2.05, 4.69) is 45.2 Å². The van der Waals surface area contributed by atoms with E-state index in [0.29, 0.717) is 0 Å². The largest absolute Gasteiger partial charge is 0.367 e. The highest BCUT2D eigenvalue weighted by atomic mass is 79.9. The first-order valence-corrected chi connectivity index (χ1v) is 7.07. The Morgan fingerprint density at radius 2 is 2.11 bits per heavy atom. The zero-order chi connectivity index (χ0) is 14.0. The van der Waals surface area contributed by atoms with E-state index < -0.39 is 0 Å². The third-order valence-electron chi connectivity index (χ3n) is 3.13. The van der Waals surface area contributed by atoms with Crippen molar-refractivity contribution in [3.63, 3.8) is 0 Å². The molecule has 0 bridgehead atoms. The smallest absolute Gasteiger partial charge is 0.137 e. The average molecular weight is 324 g/mol. The second-order valence-corrected chi connectivity index (χ2v) is 5.73. The van der Waals surface area contributed by atoms with Gasteiger partial charge in [-0.2, -0.15) is 0 Å². The van der Waals surface area contributed by atoms with E-state index in [-0.39, 0.29) is 6.04 Å². The summed E-state index contributed by atoms with van der Waals surface area (Å²) in [6.45, 7) is 8.10. The Labute approximate surface area is 121 Å². The minimum Gasteiger partial charge on any atom is -0.367 e. The van der Waals surface area contributed by atoms with Crippen molar-refractivity contribution in [3.8, 4) is 0 Å². The van der Waals surface area contributed by atoms with Gasteiger partial charge in [0.25, 0.3) is 0 Å². The molecule has 1 unspecified atom stereocenters. The van der Waals surface area contributed by atoms with Gasteiger partial charge in [-0.05, 0) is 61.7 Å². The molecule has 0 aromatic carbocycles. The predicted molar refractivity (Wildman–Crippen MR) is 79.4 cm³/mol. The number of halogens is 1. The first kappa shape index (κ1) is 14.1. The number of hydrogen-bond donors (Lipinski definition) is 1. The van der Waals surface area contributed by atoms with Crippen molar-refractivity contribution in [1.82, 2.24) is 10.1 Å². The Morgan fingerprint density at radius 3 is 2.68 bits per heavy atom. The maximum atomic E-state index is 5.18. The molecule has 19 heavy (non-hydrogen) atoms. The molecule has 0 spiro atoms. The van der Waals surface area contributed by atoms with E-state index in [1.807, 2.05) is 26.1 Å². The number of nitrogens with one attached hydrogen (secondary N) is 1. The van der Waals surface area contributed by atoms with Gasteiger partial charge in [0.2, 0.25) is 0 Å². The highest BCUT2D eigenvalue weighted by Gasteiger charge is 2.13. The van der Waals surface area contributed by atoms with Crippen LogP contribution >= 0.6 is 15.9 Å². The Balaban J connectivity index is 2.05. The number of rotatable bonds is 4. The second kappa shape index (κ2) is 5.74. The lowest BCUT2D eigenvalue weighted by Gasteiger charge is -2.15. The van der Waals surface area contributed by atoms with Crippen LogP contribution in [0.2, 0.25) is 0 Å². The molecule has 102 valence electrons. The molecule has 4 nitrogen and oxygen atoms in total. The SMILES string of the molecule is Cc1cc(NC(C)Cc2c(C)noc2C)ncc1Br. The van der Waals surface area contributed by atoms with Crippen LogP contribution in [0.3, 0.4) is 0 Å².